The number of aromatic nitrogens is 2. The average Bonchev–Trinajstić information content (AvgIpc) is 2.53. The molecular formula is C10H8F3N3. The van der Waals surface area contributed by atoms with Crippen LogP contribution in [0, 0.1) is 24.4 Å². The van der Waals surface area contributed by atoms with Crippen molar-refractivity contribution >= 4 is 5.69 Å². The van der Waals surface area contributed by atoms with Gasteiger partial charge in [0.05, 0.1) is 17.6 Å². The number of aryl methyl sites for hydroxylation is 1. The molecule has 0 atom stereocenters. The Hall–Kier alpha value is -1.98. The summed E-state index contributed by atoms with van der Waals surface area (Å²) in [6.07, 6.45) is 1.34. The summed E-state index contributed by atoms with van der Waals surface area (Å²) in [6, 6.07) is 1.20. The van der Waals surface area contributed by atoms with Crippen LogP contribution in [0.5, 0.6) is 0 Å². The van der Waals surface area contributed by atoms with Crippen LogP contribution in [0.15, 0.2) is 18.3 Å². The minimum Gasteiger partial charge on any atom is -0.396 e. The third-order valence-electron chi connectivity index (χ3n) is 2.17. The Morgan fingerprint density at radius 1 is 1.12 bits per heavy atom. The molecule has 0 radical (unpaired) electrons. The lowest BCUT2D eigenvalue weighted by Crippen LogP contribution is -2.01. The van der Waals surface area contributed by atoms with Gasteiger partial charge in [0.1, 0.15) is 5.69 Å². The van der Waals surface area contributed by atoms with Gasteiger partial charge in [-0.25, -0.2) is 17.9 Å². The predicted molar refractivity (Wildman–Crippen MR) is 52.6 cm³/mol. The molecule has 0 aliphatic heterocycles. The first-order valence-electron chi connectivity index (χ1n) is 4.45. The first-order valence-corrected chi connectivity index (χ1v) is 4.45. The van der Waals surface area contributed by atoms with E-state index in [1.807, 2.05) is 0 Å². The summed E-state index contributed by atoms with van der Waals surface area (Å²) < 4.78 is 40.0. The van der Waals surface area contributed by atoms with Crippen molar-refractivity contribution in [3.63, 3.8) is 0 Å². The molecule has 2 N–H and O–H groups in total. The van der Waals surface area contributed by atoms with E-state index in [-0.39, 0.29) is 5.69 Å². The topological polar surface area (TPSA) is 43.8 Å². The maximum atomic E-state index is 13.3. The number of hydrogen-bond donors (Lipinski definition) is 1. The molecule has 0 saturated heterocycles. The Balaban J connectivity index is 2.60. The van der Waals surface area contributed by atoms with Crippen LogP contribution in [0.25, 0.3) is 5.69 Å². The second kappa shape index (κ2) is 3.55. The Morgan fingerprint density at radius 2 is 1.75 bits per heavy atom. The third-order valence-corrected chi connectivity index (χ3v) is 2.17. The van der Waals surface area contributed by atoms with E-state index in [2.05, 4.69) is 5.10 Å². The van der Waals surface area contributed by atoms with Crippen molar-refractivity contribution < 1.29 is 13.2 Å². The monoisotopic (exact) mass is 227 g/mol. The molecule has 0 fully saturated rings. The van der Waals surface area contributed by atoms with Crippen LogP contribution in [0.2, 0.25) is 0 Å². The zero-order chi connectivity index (χ0) is 11.9. The zero-order valence-electron chi connectivity index (χ0n) is 8.34. The lowest BCUT2D eigenvalue weighted by molar-refractivity contribution is 0.491. The highest BCUT2D eigenvalue weighted by atomic mass is 19.2. The predicted octanol–water partition coefficient (Wildman–Crippen LogP) is 2.18. The van der Waals surface area contributed by atoms with Gasteiger partial charge in [0.2, 0.25) is 0 Å². The first kappa shape index (κ1) is 10.5. The number of rotatable bonds is 1. The third kappa shape index (κ3) is 1.62. The van der Waals surface area contributed by atoms with E-state index in [4.69, 9.17) is 5.73 Å². The molecule has 16 heavy (non-hydrogen) atoms. The molecule has 6 heteroatoms. The molecule has 1 aromatic carbocycles. The van der Waals surface area contributed by atoms with Crippen molar-refractivity contribution in [2.24, 2.45) is 0 Å². The fourth-order valence-corrected chi connectivity index (χ4v) is 1.28. The van der Waals surface area contributed by atoms with Crippen LogP contribution >= 0.6 is 0 Å². The maximum absolute atomic E-state index is 13.3. The van der Waals surface area contributed by atoms with Gasteiger partial charge >= 0.3 is 0 Å². The zero-order valence-corrected chi connectivity index (χ0v) is 8.34. The molecule has 1 aromatic heterocycles. The van der Waals surface area contributed by atoms with Crippen molar-refractivity contribution in [2.75, 3.05) is 5.73 Å². The summed E-state index contributed by atoms with van der Waals surface area (Å²) in [5.74, 6) is -3.28. The lowest BCUT2D eigenvalue weighted by Gasteiger charge is -2.03. The number of nitrogens with two attached hydrogens (primary N) is 1. The van der Waals surface area contributed by atoms with Gasteiger partial charge < -0.3 is 5.73 Å². The highest BCUT2D eigenvalue weighted by molar-refractivity contribution is 5.44. The SMILES string of the molecule is Cc1nn(-c2cc(F)c(F)cc2F)cc1N. The first-order chi connectivity index (χ1) is 7.49. The average molecular weight is 227 g/mol. The molecule has 2 aromatic rings. The largest absolute Gasteiger partial charge is 0.396 e. The lowest BCUT2D eigenvalue weighted by atomic mass is 10.3. The van der Waals surface area contributed by atoms with E-state index in [0.29, 0.717) is 17.4 Å². The van der Waals surface area contributed by atoms with E-state index < -0.39 is 17.5 Å². The maximum Gasteiger partial charge on any atom is 0.161 e. The van der Waals surface area contributed by atoms with Gasteiger partial charge in [-0.05, 0) is 6.92 Å². The van der Waals surface area contributed by atoms with Gasteiger partial charge in [0.15, 0.2) is 17.5 Å². The number of anilines is 1. The summed E-state index contributed by atoms with van der Waals surface area (Å²) in [4.78, 5) is 0. The number of benzene rings is 1. The normalized spacial score (nSPS) is 10.8. The highest BCUT2D eigenvalue weighted by Gasteiger charge is 2.13. The van der Waals surface area contributed by atoms with Gasteiger partial charge in [0, 0.05) is 12.1 Å². The summed E-state index contributed by atoms with van der Waals surface area (Å²) >= 11 is 0. The fraction of sp³-hybridized carbons (Fsp3) is 0.100. The van der Waals surface area contributed by atoms with E-state index in [1.54, 1.807) is 6.92 Å². The minimum atomic E-state index is -1.24. The molecule has 1 heterocycles. The molecular weight excluding hydrogens is 219 g/mol. The molecule has 3 nitrogen and oxygen atoms in total. The standard InChI is InChI=1S/C10H8F3N3/c1-5-9(14)4-16(15-5)10-3-7(12)6(11)2-8(10)13/h2-4H,14H2,1H3. The second-order valence-corrected chi connectivity index (χ2v) is 3.33. The van der Waals surface area contributed by atoms with Crippen LogP contribution in [0.4, 0.5) is 18.9 Å². The van der Waals surface area contributed by atoms with Crippen molar-refractivity contribution in [2.45, 2.75) is 6.92 Å². The van der Waals surface area contributed by atoms with Crippen molar-refractivity contribution in [3.8, 4) is 5.69 Å². The molecule has 84 valence electrons. The Bertz CT molecular complexity index is 529. The molecule has 0 aliphatic rings. The van der Waals surface area contributed by atoms with Gasteiger partial charge in [0.25, 0.3) is 0 Å². The van der Waals surface area contributed by atoms with Crippen LogP contribution in [-0.4, -0.2) is 9.78 Å². The van der Waals surface area contributed by atoms with E-state index >= 15 is 0 Å². The number of hydrogen-bond acceptors (Lipinski definition) is 2. The Labute approximate surface area is 89.3 Å². The summed E-state index contributed by atoms with van der Waals surface area (Å²) in [7, 11) is 0. The van der Waals surface area contributed by atoms with E-state index in [9.17, 15) is 13.2 Å². The van der Waals surface area contributed by atoms with Gasteiger partial charge in [-0.1, -0.05) is 0 Å². The Morgan fingerprint density at radius 3 is 2.31 bits per heavy atom. The molecule has 0 amide bonds. The van der Waals surface area contributed by atoms with E-state index in [0.717, 1.165) is 10.7 Å². The summed E-state index contributed by atoms with van der Waals surface area (Å²) in [6.45, 7) is 1.63. The van der Waals surface area contributed by atoms with Crippen LogP contribution in [-0.2, 0) is 0 Å². The smallest absolute Gasteiger partial charge is 0.161 e. The van der Waals surface area contributed by atoms with Crippen LogP contribution in [0.3, 0.4) is 0 Å². The van der Waals surface area contributed by atoms with Gasteiger partial charge in [-0.3, -0.25) is 0 Å². The van der Waals surface area contributed by atoms with Crippen molar-refractivity contribution in [1.29, 1.82) is 0 Å². The molecule has 2 rings (SSSR count). The minimum absolute atomic E-state index is 0.182. The van der Waals surface area contributed by atoms with Crippen molar-refractivity contribution in [1.82, 2.24) is 9.78 Å². The van der Waals surface area contributed by atoms with Gasteiger partial charge in [-0.2, -0.15) is 5.10 Å². The molecule has 0 unspecified atom stereocenters. The molecule has 0 saturated carbocycles. The van der Waals surface area contributed by atoms with Crippen LogP contribution < -0.4 is 5.73 Å². The van der Waals surface area contributed by atoms with Crippen LogP contribution in [0.1, 0.15) is 5.69 Å². The Kier molecular flexibility index (Phi) is 2.34. The second-order valence-electron chi connectivity index (χ2n) is 3.33. The number of nitrogen functional groups attached to an aromatic ring is 1. The summed E-state index contributed by atoms with van der Waals surface area (Å²) in [5, 5.41) is 3.87. The van der Waals surface area contributed by atoms with E-state index in [1.165, 1.54) is 6.20 Å². The molecule has 0 bridgehead atoms. The fourth-order valence-electron chi connectivity index (χ4n) is 1.28. The van der Waals surface area contributed by atoms with Crippen molar-refractivity contribution in [3.05, 3.63) is 41.5 Å². The van der Waals surface area contributed by atoms with Gasteiger partial charge in [-0.15, -0.1) is 0 Å². The quantitative estimate of drug-likeness (QED) is 0.759. The number of nitrogens with zero attached hydrogens (tertiary/aromatic N) is 2. The number of halogens is 3. The highest BCUT2D eigenvalue weighted by Crippen LogP contribution is 2.19. The molecule has 0 aliphatic carbocycles. The molecule has 0 spiro atoms. The summed E-state index contributed by atoms with van der Waals surface area (Å²) in [5.41, 5.74) is 6.18.